The number of aromatic nitrogens is 3. The van der Waals surface area contributed by atoms with Gasteiger partial charge in [-0.15, -0.1) is 0 Å². The molecule has 7 heteroatoms. The number of carbonyl (C=O) groups excluding carboxylic acids is 1. The van der Waals surface area contributed by atoms with Crippen LogP contribution < -0.4 is 11.2 Å². The molecule has 0 aliphatic carbocycles. The fourth-order valence-corrected chi connectivity index (χ4v) is 2.07. The van der Waals surface area contributed by atoms with E-state index >= 15 is 0 Å². The second kappa shape index (κ2) is 4.84. The summed E-state index contributed by atoms with van der Waals surface area (Å²) in [6, 6.07) is 1.68. The second-order valence-corrected chi connectivity index (χ2v) is 4.42. The van der Waals surface area contributed by atoms with Gasteiger partial charge >= 0.3 is 11.7 Å². The smallest absolute Gasteiger partial charge is 0.331 e. The summed E-state index contributed by atoms with van der Waals surface area (Å²) >= 11 is 0. The number of methoxy groups -OCH3 is 1. The molecule has 0 amide bonds. The first-order valence-electron chi connectivity index (χ1n) is 5.90. The maximum absolute atomic E-state index is 12.1. The summed E-state index contributed by atoms with van der Waals surface area (Å²) < 4.78 is 8.60. The van der Waals surface area contributed by atoms with Gasteiger partial charge in [0.15, 0.2) is 0 Å². The Bertz CT molecular complexity index is 836. The lowest BCUT2D eigenvalue weighted by Gasteiger charge is -2.04. The number of rotatable bonds is 2. The number of ether oxygens (including phenoxy) is 1. The van der Waals surface area contributed by atoms with Crippen molar-refractivity contribution in [2.24, 2.45) is 21.1 Å². The molecule has 7 nitrogen and oxygen atoms in total. The van der Waals surface area contributed by atoms with E-state index in [9.17, 15) is 14.4 Å². The maximum Gasteiger partial charge on any atom is 0.331 e. The van der Waals surface area contributed by atoms with Crippen molar-refractivity contribution in [1.82, 2.24) is 13.7 Å². The molecule has 0 saturated heterocycles. The van der Waals surface area contributed by atoms with Crippen LogP contribution in [0.15, 0.2) is 21.7 Å². The largest absolute Gasteiger partial charge is 0.466 e. The summed E-state index contributed by atoms with van der Waals surface area (Å²) in [4.78, 5) is 35.1. The van der Waals surface area contributed by atoms with Gasteiger partial charge in [0.1, 0.15) is 5.52 Å². The van der Waals surface area contributed by atoms with Crippen molar-refractivity contribution in [3.05, 3.63) is 38.7 Å². The van der Waals surface area contributed by atoms with Crippen LogP contribution in [0.3, 0.4) is 0 Å². The molecule has 0 N–H and O–H groups in total. The molecule has 0 aliphatic rings. The van der Waals surface area contributed by atoms with Gasteiger partial charge < -0.3 is 9.30 Å². The van der Waals surface area contributed by atoms with E-state index in [1.165, 1.54) is 30.9 Å². The maximum atomic E-state index is 12.1. The van der Waals surface area contributed by atoms with Crippen LogP contribution in [0.5, 0.6) is 0 Å². The van der Waals surface area contributed by atoms with E-state index in [2.05, 4.69) is 4.74 Å². The molecule has 2 aromatic heterocycles. The topological polar surface area (TPSA) is 75.2 Å². The van der Waals surface area contributed by atoms with Gasteiger partial charge in [0.05, 0.1) is 12.6 Å². The molecule has 0 aromatic carbocycles. The minimum absolute atomic E-state index is 0.372. The lowest BCUT2D eigenvalue weighted by Crippen LogP contribution is -2.37. The van der Waals surface area contributed by atoms with E-state index in [0.717, 1.165) is 4.57 Å². The third kappa shape index (κ3) is 1.97. The highest BCUT2D eigenvalue weighted by atomic mass is 16.5. The van der Waals surface area contributed by atoms with Gasteiger partial charge in [-0.25, -0.2) is 9.59 Å². The predicted octanol–water partition coefficient (Wildman–Crippen LogP) is -0.238. The number of carbonyl (C=O) groups is 1. The molecule has 2 heterocycles. The highest BCUT2D eigenvalue weighted by Gasteiger charge is 2.13. The summed E-state index contributed by atoms with van der Waals surface area (Å²) in [5.74, 6) is -0.489. The van der Waals surface area contributed by atoms with E-state index in [0.29, 0.717) is 16.7 Å². The zero-order valence-electron chi connectivity index (χ0n) is 11.7. The Hall–Kier alpha value is -2.57. The van der Waals surface area contributed by atoms with E-state index in [1.807, 2.05) is 0 Å². The van der Waals surface area contributed by atoms with Crippen LogP contribution >= 0.6 is 0 Å². The van der Waals surface area contributed by atoms with Crippen LogP contribution in [0.2, 0.25) is 0 Å². The molecule has 2 aromatic rings. The fraction of sp³-hybridized carbons (Fsp3) is 0.308. The molecule has 0 atom stereocenters. The number of hydrogen-bond donors (Lipinski definition) is 0. The number of fused-ring (bicyclic) bond motifs is 1. The molecule has 0 fully saturated rings. The Labute approximate surface area is 114 Å². The van der Waals surface area contributed by atoms with E-state index in [4.69, 9.17) is 0 Å². The average Bonchev–Trinajstić information content (AvgIpc) is 2.77. The van der Waals surface area contributed by atoms with E-state index in [1.54, 1.807) is 24.7 Å². The molecular weight excluding hydrogens is 262 g/mol. The summed E-state index contributed by atoms with van der Waals surface area (Å²) in [6.07, 6.45) is 2.80. The first-order valence-corrected chi connectivity index (χ1v) is 5.90. The minimum atomic E-state index is -0.489. The first-order chi connectivity index (χ1) is 9.38. The molecule has 0 aliphatic heterocycles. The van der Waals surface area contributed by atoms with Crippen molar-refractivity contribution in [2.75, 3.05) is 7.11 Å². The van der Waals surface area contributed by atoms with Crippen LogP contribution in [0.4, 0.5) is 0 Å². The third-order valence-electron chi connectivity index (χ3n) is 3.28. The average molecular weight is 277 g/mol. The Morgan fingerprint density at radius 3 is 2.40 bits per heavy atom. The summed E-state index contributed by atoms with van der Waals surface area (Å²) in [5.41, 5.74) is 0.785. The van der Waals surface area contributed by atoms with Crippen LogP contribution in [0.25, 0.3) is 17.1 Å². The number of hydrogen-bond acceptors (Lipinski definition) is 4. The Kier molecular flexibility index (Phi) is 3.35. The third-order valence-corrected chi connectivity index (χ3v) is 3.28. The van der Waals surface area contributed by atoms with Gasteiger partial charge in [0.2, 0.25) is 0 Å². The lowest BCUT2D eigenvalue weighted by molar-refractivity contribution is -0.134. The quantitative estimate of drug-likeness (QED) is 0.561. The molecule has 20 heavy (non-hydrogen) atoms. The van der Waals surface area contributed by atoms with Gasteiger partial charge in [0.25, 0.3) is 5.56 Å². The SMILES string of the molecule is COC(=O)/C=C/c1cc2c(c(=O)n(C)c(=O)n2C)n1C. The monoisotopic (exact) mass is 277 g/mol. The van der Waals surface area contributed by atoms with Gasteiger partial charge in [-0.05, 0) is 12.1 Å². The molecule has 106 valence electrons. The summed E-state index contributed by atoms with van der Waals surface area (Å²) in [7, 11) is 6.01. The minimum Gasteiger partial charge on any atom is -0.466 e. The van der Waals surface area contributed by atoms with Crippen LogP contribution in [-0.2, 0) is 30.7 Å². The summed E-state index contributed by atoms with van der Waals surface area (Å²) in [5, 5.41) is 0. The van der Waals surface area contributed by atoms with E-state index in [-0.39, 0.29) is 5.56 Å². The highest BCUT2D eigenvalue weighted by Crippen LogP contribution is 2.14. The van der Waals surface area contributed by atoms with E-state index < -0.39 is 11.7 Å². The first kappa shape index (κ1) is 13.9. The number of esters is 1. The van der Waals surface area contributed by atoms with Crippen molar-refractivity contribution in [3.63, 3.8) is 0 Å². The van der Waals surface area contributed by atoms with Crippen LogP contribution in [0.1, 0.15) is 5.69 Å². The molecular formula is C13H15N3O4. The molecule has 0 saturated carbocycles. The van der Waals surface area contributed by atoms with Crippen molar-refractivity contribution in [2.45, 2.75) is 0 Å². The van der Waals surface area contributed by atoms with Crippen LogP contribution in [-0.4, -0.2) is 26.8 Å². The zero-order valence-corrected chi connectivity index (χ0v) is 11.7. The highest BCUT2D eigenvalue weighted by molar-refractivity contribution is 5.88. The lowest BCUT2D eigenvalue weighted by atomic mass is 10.3. The van der Waals surface area contributed by atoms with Crippen molar-refractivity contribution >= 4 is 23.1 Å². The van der Waals surface area contributed by atoms with Gasteiger partial charge in [-0.3, -0.25) is 13.9 Å². The molecule has 0 bridgehead atoms. The van der Waals surface area contributed by atoms with Gasteiger partial charge in [-0.2, -0.15) is 0 Å². The van der Waals surface area contributed by atoms with Crippen LogP contribution in [0, 0.1) is 0 Å². The standard InChI is InChI=1S/C13H15N3O4/c1-14-8(5-6-10(17)20-4)7-9-11(14)12(18)16(3)13(19)15(9)2/h5-7H,1-4H3/b6-5+. The number of nitrogens with zero attached hydrogens (tertiary/aromatic N) is 3. The Morgan fingerprint density at radius 1 is 1.15 bits per heavy atom. The zero-order chi connectivity index (χ0) is 15.0. The van der Waals surface area contributed by atoms with Crippen molar-refractivity contribution < 1.29 is 9.53 Å². The van der Waals surface area contributed by atoms with Crippen molar-refractivity contribution in [1.29, 1.82) is 0 Å². The normalized spacial score (nSPS) is 11.4. The molecule has 0 spiro atoms. The predicted molar refractivity (Wildman–Crippen MR) is 74.5 cm³/mol. The number of aryl methyl sites for hydroxylation is 2. The fourth-order valence-electron chi connectivity index (χ4n) is 2.07. The molecule has 0 radical (unpaired) electrons. The Morgan fingerprint density at radius 2 is 1.80 bits per heavy atom. The van der Waals surface area contributed by atoms with Gasteiger partial charge in [0, 0.05) is 32.9 Å². The molecule has 0 unspecified atom stereocenters. The Balaban J connectivity index is 2.77. The summed E-state index contributed by atoms with van der Waals surface area (Å²) in [6.45, 7) is 0. The second-order valence-electron chi connectivity index (χ2n) is 4.42. The van der Waals surface area contributed by atoms with Gasteiger partial charge in [-0.1, -0.05) is 0 Å². The molecule has 2 rings (SSSR count). The van der Waals surface area contributed by atoms with Crippen molar-refractivity contribution in [3.8, 4) is 0 Å².